The van der Waals surface area contributed by atoms with Crippen molar-refractivity contribution in [2.24, 2.45) is 5.41 Å². The highest BCUT2D eigenvalue weighted by Gasteiger charge is 2.17. The zero-order valence-electron chi connectivity index (χ0n) is 20.9. The number of fused-ring (bicyclic) bond motifs is 2. The van der Waals surface area contributed by atoms with Gasteiger partial charge in [0.15, 0.2) is 0 Å². The first-order valence-corrected chi connectivity index (χ1v) is 12.2. The quantitative estimate of drug-likeness (QED) is 0.235. The Hall–Kier alpha value is -4.65. The van der Waals surface area contributed by atoms with Crippen LogP contribution in [0.15, 0.2) is 83.7 Å². The number of furan rings is 1. The smallest absolute Gasteiger partial charge is 0.224 e. The summed E-state index contributed by atoms with van der Waals surface area (Å²) in [6.45, 7) is 6.15. The minimum absolute atomic E-state index is 0.00113. The largest absolute Gasteiger partial charge is 0.472 e. The molecule has 0 fully saturated rings. The van der Waals surface area contributed by atoms with Gasteiger partial charge < -0.3 is 14.7 Å². The molecule has 0 aliphatic heterocycles. The second kappa shape index (κ2) is 8.78. The summed E-state index contributed by atoms with van der Waals surface area (Å²) in [5.74, 6) is -0.00113. The van der Waals surface area contributed by atoms with Crippen molar-refractivity contribution in [3.05, 3.63) is 79.3 Å². The Morgan fingerprint density at radius 3 is 2.65 bits per heavy atom. The van der Waals surface area contributed by atoms with Gasteiger partial charge in [-0.3, -0.25) is 9.89 Å². The van der Waals surface area contributed by atoms with Crippen LogP contribution in [-0.4, -0.2) is 26.1 Å². The zero-order chi connectivity index (χ0) is 25.6. The second-order valence-electron chi connectivity index (χ2n) is 10.5. The SMILES string of the molecule is CC(C)(C)CC(=O)Nc1cccc(-c2ccc3[nH]nc(-c4cc5c(-c6ccoc6)cccc5[nH]4)c3n2)c1. The molecule has 0 saturated carbocycles. The molecule has 0 aliphatic carbocycles. The molecule has 0 spiro atoms. The monoisotopic (exact) mass is 489 g/mol. The van der Waals surface area contributed by atoms with Gasteiger partial charge in [-0.1, -0.05) is 45.0 Å². The molecule has 6 rings (SSSR count). The van der Waals surface area contributed by atoms with Crippen molar-refractivity contribution in [1.29, 1.82) is 0 Å². The highest BCUT2D eigenvalue weighted by molar-refractivity contribution is 6.00. The van der Waals surface area contributed by atoms with Crippen LogP contribution in [0.4, 0.5) is 5.69 Å². The number of rotatable bonds is 5. The minimum atomic E-state index is -0.0755. The Bertz CT molecular complexity index is 1740. The Morgan fingerprint density at radius 2 is 1.84 bits per heavy atom. The van der Waals surface area contributed by atoms with Crippen LogP contribution in [0, 0.1) is 5.41 Å². The number of nitrogens with one attached hydrogen (secondary N) is 3. The van der Waals surface area contributed by atoms with Gasteiger partial charge in [0.05, 0.1) is 29.4 Å². The number of carbonyl (C=O) groups excluding carboxylic acids is 1. The van der Waals surface area contributed by atoms with Crippen LogP contribution < -0.4 is 5.32 Å². The maximum absolute atomic E-state index is 12.4. The number of aromatic nitrogens is 4. The van der Waals surface area contributed by atoms with Crippen LogP contribution >= 0.6 is 0 Å². The van der Waals surface area contributed by atoms with Crippen molar-refractivity contribution in [1.82, 2.24) is 20.2 Å². The summed E-state index contributed by atoms with van der Waals surface area (Å²) in [4.78, 5) is 20.9. The van der Waals surface area contributed by atoms with E-state index >= 15 is 0 Å². The summed E-state index contributed by atoms with van der Waals surface area (Å²) in [5.41, 5.74) is 8.78. The summed E-state index contributed by atoms with van der Waals surface area (Å²) in [7, 11) is 0. The van der Waals surface area contributed by atoms with E-state index in [9.17, 15) is 4.79 Å². The van der Waals surface area contributed by atoms with Crippen LogP contribution in [0.3, 0.4) is 0 Å². The third-order valence-electron chi connectivity index (χ3n) is 6.29. The molecule has 6 aromatic rings. The Labute approximate surface area is 213 Å². The second-order valence-corrected chi connectivity index (χ2v) is 10.5. The van der Waals surface area contributed by atoms with E-state index in [1.165, 1.54) is 0 Å². The summed E-state index contributed by atoms with van der Waals surface area (Å²) >= 11 is 0. The zero-order valence-corrected chi connectivity index (χ0v) is 20.9. The average Bonchev–Trinajstić information content (AvgIpc) is 3.61. The van der Waals surface area contributed by atoms with E-state index in [0.29, 0.717) is 6.42 Å². The third kappa shape index (κ3) is 4.51. The summed E-state index contributed by atoms with van der Waals surface area (Å²) < 4.78 is 5.30. The lowest BCUT2D eigenvalue weighted by Crippen LogP contribution is -2.19. The van der Waals surface area contributed by atoms with E-state index in [0.717, 1.165) is 61.4 Å². The average molecular weight is 490 g/mol. The number of nitrogens with zero attached hydrogens (tertiary/aromatic N) is 2. The molecule has 0 atom stereocenters. The Kier molecular flexibility index (Phi) is 5.41. The van der Waals surface area contributed by atoms with E-state index in [1.807, 2.05) is 48.5 Å². The molecule has 0 unspecified atom stereocenters. The van der Waals surface area contributed by atoms with Crippen LogP contribution in [-0.2, 0) is 4.79 Å². The number of benzene rings is 2. The molecule has 7 heteroatoms. The van der Waals surface area contributed by atoms with Gasteiger partial charge in [0, 0.05) is 34.1 Å². The van der Waals surface area contributed by atoms with E-state index in [4.69, 9.17) is 9.40 Å². The van der Waals surface area contributed by atoms with E-state index in [1.54, 1.807) is 12.5 Å². The fraction of sp³-hybridized carbons (Fsp3) is 0.167. The lowest BCUT2D eigenvalue weighted by Gasteiger charge is -2.17. The molecule has 7 nitrogen and oxygen atoms in total. The number of pyridine rings is 1. The minimum Gasteiger partial charge on any atom is -0.472 e. The summed E-state index contributed by atoms with van der Waals surface area (Å²) in [6, 6.07) is 21.9. The molecule has 0 bridgehead atoms. The van der Waals surface area contributed by atoms with Gasteiger partial charge in [-0.15, -0.1) is 0 Å². The number of amides is 1. The Morgan fingerprint density at radius 1 is 0.973 bits per heavy atom. The van der Waals surface area contributed by atoms with Crippen molar-refractivity contribution < 1.29 is 9.21 Å². The maximum Gasteiger partial charge on any atom is 0.224 e. The van der Waals surface area contributed by atoms with Gasteiger partial charge in [0.1, 0.15) is 11.2 Å². The fourth-order valence-corrected chi connectivity index (χ4v) is 4.64. The molecule has 0 aliphatic rings. The lowest BCUT2D eigenvalue weighted by atomic mass is 9.92. The summed E-state index contributed by atoms with van der Waals surface area (Å²) in [5, 5.41) is 11.8. The van der Waals surface area contributed by atoms with Gasteiger partial charge in [-0.25, -0.2) is 4.98 Å². The molecule has 1 amide bonds. The third-order valence-corrected chi connectivity index (χ3v) is 6.29. The van der Waals surface area contributed by atoms with Crippen LogP contribution in [0.1, 0.15) is 27.2 Å². The first kappa shape index (κ1) is 22.8. The number of hydrogen-bond donors (Lipinski definition) is 3. The van der Waals surface area contributed by atoms with E-state index < -0.39 is 0 Å². The highest BCUT2D eigenvalue weighted by Crippen LogP contribution is 2.34. The van der Waals surface area contributed by atoms with Gasteiger partial charge >= 0.3 is 0 Å². The fourth-order valence-electron chi connectivity index (χ4n) is 4.64. The lowest BCUT2D eigenvalue weighted by molar-refractivity contribution is -0.117. The molecule has 4 heterocycles. The maximum atomic E-state index is 12.4. The van der Waals surface area contributed by atoms with Gasteiger partial charge in [-0.2, -0.15) is 5.10 Å². The standard InChI is InChI=1S/C30H27N5O2/c1-30(2,3)16-27(36)31-20-7-4-6-18(14-20)23-10-11-25-28(33-23)29(35-34-25)26-15-22-21(19-12-13-37-17-19)8-5-9-24(22)32-26/h4-15,17,32H,16H2,1-3H3,(H,31,36)(H,34,35). The molecule has 184 valence electrons. The molecular formula is C30H27N5O2. The van der Waals surface area contributed by atoms with Crippen molar-refractivity contribution in [2.45, 2.75) is 27.2 Å². The van der Waals surface area contributed by atoms with Crippen LogP contribution in [0.5, 0.6) is 0 Å². The molecule has 2 aromatic carbocycles. The predicted molar refractivity (Wildman–Crippen MR) is 147 cm³/mol. The van der Waals surface area contributed by atoms with Crippen molar-refractivity contribution >= 4 is 33.5 Å². The Balaban J connectivity index is 1.36. The molecule has 3 N–H and O–H groups in total. The molecule has 0 radical (unpaired) electrons. The van der Waals surface area contributed by atoms with Crippen LogP contribution in [0.25, 0.3) is 55.7 Å². The van der Waals surface area contributed by atoms with Crippen molar-refractivity contribution in [3.8, 4) is 33.8 Å². The first-order valence-electron chi connectivity index (χ1n) is 12.2. The van der Waals surface area contributed by atoms with Crippen molar-refractivity contribution in [2.75, 3.05) is 5.32 Å². The van der Waals surface area contributed by atoms with E-state index in [2.05, 4.69) is 59.5 Å². The number of hydrogen-bond acceptors (Lipinski definition) is 4. The van der Waals surface area contributed by atoms with Crippen LogP contribution in [0.2, 0.25) is 0 Å². The summed E-state index contributed by atoms with van der Waals surface area (Å²) in [6.07, 6.45) is 3.88. The molecule has 0 saturated heterocycles. The number of carbonyl (C=O) groups is 1. The number of aromatic amines is 2. The molecule has 37 heavy (non-hydrogen) atoms. The van der Waals surface area contributed by atoms with Gasteiger partial charge in [-0.05, 0) is 53.4 Å². The topological polar surface area (TPSA) is 99.6 Å². The van der Waals surface area contributed by atoms with Crippen molar-refractivity contribution in [3.63, 3.8) is 0 Å². The highest BCUT2D eigenvalue weighted by atomic mass is 16.3. The first-order chi connectivity index (χ1) is 17.8. The molecular weight excluding hydrogens is 462 g/mol. The normalized spacial score (nSPS) is 11.9. The number of anilines is 1. The van der Waals surface area contributed by atoms with Gasteiger partial charge in [0.25, 0.3) is 0 Å². The molecule has 4 aromatic heterocycles. The predicted octanol–water partition coefficient (Wildman–Crippen LogP) is 7.41. The number of H-pyrrole nitrogens is 2. The van der Waals surface area contributed by atoms with E-state index in [-0.39, 0.29) is 11.3 Å². The van der Waals surface area contributed by atoms with Gasteiger partial charge in [0.2, 0.25) is 5.91 Å².